The summed E-state index contributed by atoms with van der Waals surface area (Å²) in [5.41, 5.74) is 0.597. The fourth-order valence-corrected chi connectivity index (χ4v) is 1.06. The summed E-state index contributed by atoms with van der Waals surface area (Å²) in [5, 5.41) is 0. The number of hydrogen-bond acceptors (Lipinski definition) is 2. The first-order valence-electron chi connectivity index (χ1n) is 3.61. The molecule has 84 valence electrons. The Hall–Kier alpha value is -1.60. The molecule has 0 saturated heterocycles. The number of nitrogens with one attached hydrogen (secondary N) is 1. The summed E-state index contributed by atoms with van der Waals surface area (Å²) in [4.78, 5) is 12.3. The Labute approximate surface area is 79.7 Å². The first kappa shape index (κ1) is 11.5. The van der Waals surface area contributed by atoms with E-state index in [2.05, 4.69) is 0 Å². The zero-order valence-corrected chi connectivity index (χ0v) is 7.03. The monoisotopic (exact) mass is 228 g/mol. The largest absolute Gasteiger partial charge is 0.417 e. The lowest BCUT2D eigenvalue weighted by Gasteiger charge is -2.13. The number of pyridine rings is 1. The third kappa shape index (κ3) is 2.25. The standard InChI is InChI=1S/C7H5F5N2O/c8-5(9)4-2(7(10,11)12)1-3(15)14-6(4)13/h1,5H,(H3,13,14,15). The molecule has 0 radical (unpaired) electrons. The van der Waals surface area contributed by atoms with Crippen LogP contribution in [0.15, 0.2) is 10.9 Å². The lowest BCUT2D eigenvalue weighted by Crippen LogP contribution is -2.19. The number of rotatable bonds is 1. The van der Waals surface area contributed by atoms with Crippen LogP contribution in [0.5, 0.6) is 0 Å². The van der Waals surface area contributed by atoms with E-state index in [0.717, 1.165) is 0 Å². The van der Waals surface area contributed by atoms with Gasteiger partial charge in [-0.15, -0.1) is 0 Å². The Morgan fingerprint density at radius 1 is 1.33 bits per heavy atom. The van der Waals surface area contributed by atoms with Crippen LogP contribution in [0.1, 0.15) is 17.6 Å². The SMILES string of the molecule is Nc1[nH]c(=O)cc(C(F)(F)F)c1C(F)F. The molecular formula is C7H5F5N2O. The van der Waals surface area contributed by atoms with E-state index in [4.69, 9.17) is 5.73 Å². The molecule has 1 heterocycles. The average molecular weight is 228 g/mol. The third-order valence-corrected chi connectivity index (χ3v) is 1.64. The molecule has 0 aliphatic rings. The number of H-pyrrole nitrogens is 1. The summed E-state index contributed by atoms with van der Waals surface area (Å²) in [6.07, 6.45) is -8.44. The fourth-order valence-electron chi connectivity index (χ4n) is 1.06. The summed E-state index contributed by atoms with van der Waals surface area (Å²) >= 11 is 0. The quantitative estimate of drug-likeness (QED) is 0.721. The molecule has 0 unspecified atom stereocenters. The lowest BCUT2D eigenvalue weighted by molar-refractivity contribution is -0.139. The molecular weight excluding hydrogens is 223 g/mol. The Morgan fingerprint density at radius 3 is 2.27 bits per heavy atom. The Kier molecular flexibility index (Phi) is 2.69. The molecule has 1 rings (SSSR count). The normalized spacial score (nSPS) is 12.1. The average Bonchev–Trinajstić information content (AvgIpc) is 1.99. The number of anilines is 1. The second-order valence-corrected chi connectivity index (χ2v) is 2.67. The van der Waals surface area contributed by atoms with Crippen LogP contribution < -0.4 is 11.3 Å². The van der Waals surface area contributed by atoms with Crippen molar-refractivity contribution in [2.75, 3.05) is 5.73 Å². The second-order valence-electron chi connectivity index (χ2n) is 2.67. The van der Waals surface area contributed by atoms with Crippen LogP contribution in [0.4, 0.5) is 27.8 Å². The predicted molar refractivity (Wildman–Crippen MR) is 41.4 cm³/mol. The summed E-state index contributed by atoms with van der Waals surface area (Å²) in [6.45, 7) is 0. The van der Waals surface area contributed by atoms with Gasteiger partial charge in [0.05, 0.1) is 11.1 Å². The first-order chi connectivity index (χ1) is 6.73. The zero-order valence-electron chi connectivity index (χ0n) is 7.03. The molecule has 0 aromatic carbocycles. The van der Waals surface area contributed by atoms with E-state index in [1.807, 2.05) is 0 Å². The van der Waals surface area contributed by atoms with Crippen LogP contribution in [-0.4, -0.2) is 4.98 Å². The molecule has 0 bridgehead atoms. The zero-order chi connectivity index (χ0) is 11.8. The number of halogens is 5. The highest BCUT2D eigenvalue weighted by Gasteiger charge is 2.37. The second kappa shape index (κ2) is 3.52. The van der Waals surface area contributed by atoms with Gasteiger partial charge in [-0.1, -0.05) is 0 Å². The molecule has 15 heavy (non-hydrogen) atoms. The highest BCUT2D eigenvalue weighted by atomic mass is 19.4. The summed E-state index contributed by atoms with van der Waals surface area (Å²) < 4.78 is 61.2. The molecule has 3 N–H and O–H groups in total. The summed E-state index contributed by atoms with van der Waals surface area (Å²) in [5.74, 6) is -0.968. The van der Waals surface area contributed by atoms with E-state index in [1.54, 1.807) is 4.98 Å². The molecule has 0 aliphatic carbocycles. The number of alkyl halides is 5. The van der Waals surface area contributed by atoms with Crippen molar-refractivity contribution in [1.29, 1.82) is 0 Å². The van der Waals surface area contributed by atoms with Gasteiger partial charge in [0.25, 0.3) is 6.43 Å². The third-order valence-electron chi connectivity index (χ3n) is 1.64. The van der Waals surface area contributed by atoms with Gasteiger partial charge in [-0.05, 0) is 0 Å². The predicted octanol–water partition coefficient (Wildman–Crippen LogP) is 1.91. The maximum atomic E-state index is 12.2. The van der Waals surface area contributed by atoms with E-state index >= 15 is 0 Å². The highest BCUT2D eigenvalue weighted by Crippen LogP contribution is 2.37. The van der Waals surface area contributed by atoms with Crippen molar-refractivity contribution in [3.05, 3.63) is 27.5 Å². The summed E-state index contributed by atoms with van der Waals surface area (Å²) in [6, 6.07) is 0.0534. The van der Waals surface area contributed by atoms with Gasteiger partial charge in [-0.25, -0.2) is 8.78 Å². The minimum Gasteiger partial charge on any atom is -0.385 e. The maximum Gasteiger partial charge on any atom is 0.417 e. The van der Waals surface area contributed by atoms with Crippen LogP contribution >= 0.6 is 0 Å². The molecule has 8 heteroatoms. The molecule has 1 aromatic rings. The molecule has 0 fully saturated rings. The van der Waals surface area contributed by atoms with Crippen LogP contribution in [0.3, 0.4) is 0 Å². The van der Waals surface area contributed by atoms with E-state index in [9.17, 15) is 26.7 Å². The molecule has 0 spiro atoms. The first-order valence-corrected chi connectivity index (χ1v) is 3.61. The molecule has 3 nitrogen and oxygen atoms in total. The van der Waals surface area contributed by atoms with Gasteiger partial charge in [-0.3, -0.25) is 4.79 Å². The Bertz CT molecular complexity index is 422. The maximum absolute atomic E-state index is 12.2. The van der Waals surface area contributed by atoms with E-state index in [0.29, 0.717) is 0 Å². The molecule has 0 amide bonds. The van der Waals surface area contributed by atoms with Gasteiger partial charge < -0.3 is 10.7 Å². The number of aromatic nitrogens is 1. The minimum absolute atomic E-state index is 0.0534. The van der Waals surface area contributed by atoms with Crippen LogP contribution in [0.25, 0.3) is 0 Å². The van der Waals surface area contributed by atoms with Gasteiger partial charge in [0, 0.05) is 6.07 Å². The van der Waals surface area contributed by atoms with Crippen molar-refractivity contribution in [2.24, 2.45) is 0 Å². The van der Waals surface area contributed by atoms with E-state index in [1.165, 1.54) is 0 Å². The Morgan fingerprint density at radius 2 is 1.87 bits per heavy atom. The van der Waals surface area contributed by atoms with E-state index in [-0.39, 0.29) is 6.07 Å². The van der Waals surface area contributed by atoms with Crippen LogP contribution in [-0.2, 0) is 6.18 Å². The van der Waals surface area contributed by atoms with Crippen molar-refractivity contribution >= 4 is 5.82 Å². The van der Waals surface area contributed by atoms with Gasteiger partial charge in [-0.2, -0.15) is 13.2 Å². The highest BCUT2D eigenvalue weighted by molar-refractivity contribution is 5.46. The van der Waals surface area contributed by atoms with Gasteiger partial charge >= 0.3 is 6.18 Å². The van der Waals surface area contributed by atoms with Crippen molar-refractivity contribution in [3.63, 3.8) is 0 Å². The number of hydrogen-bond donors (Lipinski definition) is 2. The van der Waals surface area contributed by atoms with Crippen molar-refractivity contribution in [2.45, 2.75) is 12.6 Å². The van der Waals surface area contributed by atoms with Crippen molar-refractivity contribution < 1.29 is 22.0 Å². The van der Waals surface area contributed by atoms with Crippen molar-refractivity contribution in [1.82, 2.24) is 4.98 Å². The van der Waals surface area contributed by atoms with E-state index < -0.39 is 35.1 Å². The fraction of sp³-hybridized carbons (Fsp3) is 0.286. The van der Waals surface area contributed by atoms with Crippen LogP contribution in [0.2, 0.25) is 0 Å². The summed E-state index contributed by atoms with van der Waals surface area (Å²) in [7, 11) is 0. The van der Waals surface area contributed by atoms with Gasteiger partial charge in [0.1, 0.15) is 5.82 Å². The lowest BCUT2D eigenvalue weighted by atomic mass is 10.1. The van der Waals surface area contributed by atoms with Gasteiger partial charge in [0.15, 0.2) is 0 Å². The van der Waals surface area contributed by atoms with Crippen molar-refractivity contribution in [3.8, 4) is 0 Å². The minimum atomic E-state index is -5.03. The molecule has 0 aliphatic heterocycles. The topological polar surface area (TPSA) is 58.9 Å². The van der Waals surface area contributed by atoms with Crippen LogP contribution in [0, 0.1) is 0 Å². The molecule has 0 atom stereocenters. The number of aromatic amines is 1. The number of nitrogen functional groups attached to an aromatic ring is 1. The molecule has 1 aromatic heterocycles. The smallest absolute Gasteiger partial charge is 0.385 e. The Balaban J connectivity index is 3.55. The van der Waals surface area contributed by atoms with Gasteiger partial charge in [0.2, 0.25) is 5.56 Å². The number of nitrogens with two attached hydrogens (primary N) is 1. The molecule has 0 saturated carbocycles.